The lowest BCUT2D eigenvalue weighted by atomic mass is 9.95. The molecule has 3 atom stereocenters. The van der Waals surface area contributed by atoms with E-state index in [1.54, 1.807) is 6.20 Å². The third-order valence-electron chi connectivity index (χ3n) is 6.83. The van der Waals surface area contributed by atoms with E-state index in [9.17, 15) is 10.1 Å². The molecule has 1 N–H and O–H groups in total. The van der Waals surface area contributed by atoms with Gasteiger partial charge in [-0.2, -0.15) is 10.4 Å². The molecule has 3 fully saturated rings. The number of aromatic nitrogens is 3. The Bertz CT molecular complexity index is 1190. The average Bonchev–Trinajstić information content (AvgIpc) is 3.31. The zero-order chi connectivity index (χ0) is 20.2. The van der Waals surface area contributed by atoms with Gasteiger partial charge in [0.2, 0.25) is 0 Å². The van der Waals surface area contributed by atoms with Crippen LogP contribution in [0.25, 0.3) is 16.7 Å². The number of nitriles is 1. The second-order valence-corrected chi connectivity index (χ2v) is 8.67. The van der Waals surface area contributed by atoms with E-state index >= 15 is 0 Å². The smallest absolute Gasteiger partial charge is 0.251 e. The van der Waals surface area contributed by atoms with Crippen molar-refractivity contribution < 1.29 is 4.79 Å². The predicted octanol–water partition coefficient (Wildman–Crippen LogP) is 3.11. The largest absolute Gasteiger partial charge is 0.347 e. The van der Waals surface area contributed by atoms with Crippen molar-refractivity contribution in [3.05, 3.63) is 53.9 Å². The van der Waals surface area contributed by atoms with Gasteiger partial charge in [0, 0.05) is 23.2 Å². The Hall–Kier alpha value is -3.40. The van der Waals surface area contributed by atoms with Gasteiger partial charge in [-0.1, -0.05) is 0 Å². The maximum atomic E-state index is 12.9. The van der Waals surface area contributed by atoms with Crippen molar-refractivity contribution in [2.75, 3.05) is 0 Å². The van der Waals surface area contributed by atoms with Crippen molar-refractivity contribution in [2.45, 2.75) is 56.1 Å². The lowest BCUT2D eigenvalue weighted by molar-refractivity contribution is 0.0928. The molecule has 7 nitrogen and oxygen atoms in total. The molecule has 0 spiro atoms. The minimum absolute atomic E-state index is 0.0451. The van der Waals surface area contributed by atoms with Crippen LogP contribution >= 0.6 is 0 Å². The number of pyridine rings is 1. The maximum absolute atomic E-state index is 12.9. The Balaban J connectivity index is 1.24. The third kappa shape index (κ3) is 2.75. The fraction of sp³-hybridized carbons (Fsp3) is 0.391. The zero-order valence-corrected chi connectivity index (χ0v) is 16.5. The highest BCUT2D eigenvalue weighted by molar-refractivity contribution is 5.98. The lowest BCUT2D eigenvalue weighted by Crippen LogP contribution is -2.43. The molecule has 3 unspecified atom stereocenters. The molecule has 0 radical (unpaired) electrons. The Morgan fingerprint density at radius 2 is 2.07 bits per heavy atom. The van der Waals surface area contributed by atoms with Gasteiger partial charge in [-0.3, -0.25) is 4.79 Å². The molecule has 2 bridgehead atoms. The molecule has 4 heterocycles. The van der Waals surface area contributed by atoms with Crippen LogP contribution in [0.5, 0.6) is 0 Å². The van der Waals surface area contributed by atoms with Crippen molar-refractivity contribution >= 4 is 16.8 Å². The number of rotatable bonds is 4. The van der Waals surface area contributed by atoms with E-state index in [4.69, 9.17) is 0 Å². The molecule has 7 heteroatoms. The Morgan fingerprint density at radius 1 is 1.17 bits per heavy atom. The molecule has 2 aromatic heterocycles. The van der Waals surface area contributed by atoms with Crippen molar-refractivity contribution in [1.29, 1.82) is 5.26 Å². The number of amides is 1. The molecule has 150 valence electrons. The summed E-state index contributed by atoms with van der Waals surface area (Å²) in [6.45, 7) is 0. The summed E-state index contributed by atoms with van der Waals surface area (Å²) in [7, 11) is 0. The second-order valence-electron chi connectivity index (χ2n) is 8.67. The standard InChI is InChI=1S/C23H22N6O/c24-13-28-18-4-6-21(28)19(11-18)27-23(30)16-3-5-20-17(9-16)12-26-29(20)22-10-15(7-8-25-22)14-1-2-14/h3,5,7-10,12,14,18-19,21H,1-2,4,6,11H2,(H,27,30). The fourth-order valence-corrected chi connectivity index (χ4v) is 5.13. The molecule has 2 aliphatic heterocycles. The first kappa shape index (κ1) is 17.5. The van der Waals surface area contributed by atoms with E-state index in [-0.39, 0.29) is 24.0 Å². The number of fused-ring (bicyclic) bond motifs is 3. The first-order valence-corrected chi connectivity index (χ1v) is 10.6. The number of carbonyl (C=O) groups is 1. The van der Waals surface area contributed by atoms with Crippen LogP contribution < -0.4 is 5.32 Å². The normalized spacial score (nSPS) is 24.9. The van der Waals surface area contributed by atoms with E-state index < -0.39 is 0 Å². The minimum atomic E-state index is -0.0889. The molecule has 30 heavy (non-hydrogen) atoms. The molecule has 2 saturated heterocycles. The van der Waals surface area contributed by atoms with Crippen LogP contribution in [0.15, 0.2) is 42.7 Å². The average molecular weight is 398 g/mol. The van der Waals surface area contributed by atoms with Crippen LogP contribution in [-0.4, -0.2) is 43.7 Å². The Morgan fingerprint density at radius 3 is 2.87 bits per heavy atom. The van der Waals surface area contributed by atoms with Gasteiger partial charge in [0.1, 0.15) is 0 Å². The molecule has 1 aliphatic carbocycles. The summed E-state index contributed by atoms with van der Waals surface area (Å²) in [5, 5.41) is 17.9. The molecular weight excluding hydrogens is 376 g/mol. The van der Waals surface area contributed by atoms with E-state index in [0.29, 0.717) is 11.5 Å². The molecule has 1 amide bonds. The third-order valence-corrected chi connectivity index (χ3v) is 6.83. The number of nitrogens with zero attached hydrogens (tertiary/aromatic N) is 5. The number of nitrogens with one attached hydrogen (secondary N) is 1. The monoisotopic (exact) mass is 398 g/mol. The van der Waals surface area contributed by atoms with Gasteiger partial charge in [0.15, 0.2) is 12.0 Å². The topological polar surface area (TPSA) is 86.8 Å². The molecule has 6 rings (SSSR count). The van der Waals surface area contributed by atoms with Crippen molar-refractivity contribution in [1.82, 2.24) is 25.0 Å². The quantitative estimate of drug-likeness (QED) is 0.683. The van der Waals surface area contributed by atoms with Crippen LogP contribution in [0.3, 0.4) is 0 Å². The van der Waals surface area contributed by atoms with Crippen molar-refractivity contribution in [2.24, 2.45) is 0 Å². The molecular formula is C23H22N6O. The molecule has 3 aromatic rings. The molecule has 1 aromatic carbocycles. The first-order valence-electron chi connectivity index (χ1n) is 10.6. The van der Waals surface area contributed by atoms with Gasteiger partial charge in [-0.25, -0.2) is 9.67 Å². The van der Waals surface area contributed by atoms with Gasteiger partial charge in [0.05, 0.1) is 23.8 Å². The predicted molar refractivity (Wildman–Crippen MR) is 111 cm³/mol. The summed E-state index contributed by atoms with van der Waals surface area (Å²) in [6, 6.07) is 10.3. The van der Waals surface area contributed by atoms with E-state index in [2.05, 4.69) is 33.7 Å². The highest BCUT2D eigenvalue weighted by Crippen LogP contribution is 2.40. The van der Waals surface area contributed by atoms with Crippen LogP contribution in [0.2, 0.25) is 0 Å². The second kappa shape index (κ2) is 6.56. The summed E-state index contributed by atoms with van der Waals surface area (Å²) in [5.41, 5.74) is 2.87. The van der Waals surface area contributed by atoms with Crippen LogP contribution in [0, 0.1) is 11.5 Å². The van der Waals surface area contributed by atoms with Gasteiger partial charge in [-0.05, 0) is 73.9 Å². The Labute approximate surface area is 174 Å². The number of hydrogen-bond donors (Lipinski definition) is 1. The summed E-state index contributed by atoms with van der Waals surface area (Å²) in [6.07, 6.45) is 11.3. The van der Waals surface area contributed by atoms with Gasteiger partial charge < -0.3 is 10.2 Å². The van der Waals surface area contributed by atoms with E-state index in [1.807, 2.05) is 34.0 Å². The number of hydrogen-bond acceptors (Lipinski definition) is 5. The summed E-state index contributed by atoms with van der Waals surface area (Å²) in [5.74, 6) is 1.38. The zero-order valence-electron chi connectivity index (χ0n) is 16.5. The fourth-order valence-electron chi connectivity index (χ4n) is 5.13. The summed E-state index contributed by atoms with van der Waals surface area (Å²) in [4.78, 5) is 19.2. The van der Waals surface area contributed by atoms with Crippen LogP contribution in [0.4, 0.5) is 0 Å². The highest BCUT2D eigenvalue weighted by Gasteiger charge is 2.46. The Kier molecular flexibility index (Phi) is 3.82. The molecule has 3 aliphatic rings. The van der Waals surface area contributed by atoms with Crippen LogP contribution in [-0.2, 0) is 0 Å². The summed E-state index contributed by atoms with van der Waals surface area (Å²) >= 11 is 0. The molecule has 1 saturated carbocycles. The van der Waals surface area contributed by atoms with Crippen molar-refractivity contribution in [3.63, 3.8) is 0 Å². The number of benzene rings is 1. The number of carbonyl (C=O) groups excluding carboxylic acids is 1. The van der Waals surface area contributed by atoms with E-state index in [0.717, 1.165) is 36.0 Å². The first-order chi connectivity index (χ1) is 14.7. The maximum Gasteiger partial charge on any atom is 0.251 e. The summed E-state index contributed by atoms with van der Waals surface area (Å²) < 4.78 is 1.84. The van der Waals surface area contributed by atoms with Gasteiger partial charge in [0.25, 0.3) is 5.91 Å². The van der Waals surface area contributed by atoms with Crippen LogP contribution in [0.1, 0.15) is 53.9 Å². The SMILES string of the molecule is N#CN1C2CCC1C(NC(=O)c1ccc3c(cnn3-c3cc(C4CC4)ccn3)c1)C2. The van der Waals surface area contributed by atoms with Gasteiger partial charge >= 0.3 is 0 Å². The van der Waals surface area contributed by atoms with Gasteiger partial charge in [-0.15, -0.1) is 0 Å². The van der Waals surface area contributed by atoms with E-state index in [1.165, 1.54) is 18.4 Å². The minimum Gasteiger partial charge on any atom is -0.347 e. The lowest BCUT2D eigenvalue weighted by Gasteiger charge is -2.21. The van der Waals surface area contributed by atoms with Crippen molar-refractivity contribution in [3.8, 4) is 12.0 Å². The highest BCUT2D eigenvalue weighted by atomic mass is 16.1.